The second-order valence-corrected chi connectivity index (χ2v) is 6.98. The smallest absolute Gasteiger partial charge is 0.158 e. The average Bonchev–Trinajstić information content (AvgIpc) is 2.93. The lowest BCUT2D eigenvalue weighted by Gasteiger charge is -2.27. The molecule has 1 saturated heterocycles. The quantitative estimate of drug-likeness (QED) is 0.699. The topological polar surface area (TPSA) is 49.2 Å². The maximum absolute atomic E-state index is 6.13. The van der Waals surface area contributed by atoms with Crippen LogP contribution in [-0.4, -0.2) is 27.4 Å². The molecule has 2 aromatic rings. The molecule has 1 aliphatic heterocycles. The van der Waals surface area contributed by atoms with Gasteiger partial charge in [0.15, 0.2) is 6.29 Å². The average molecular weight is 382 g/mol. The number of nitrogens with zero attached hydrogens (tertiary/aromatic N) is 3. The summed E-state index contributed by atoms with van der Waals surface area (Å²) in [6, 6.07) is 2.38. The molecule has 1 unspecified atom stereocenters. The Hall–Kier alpha value is -0.980. The highest BCUT2D eigenvalue weighted by Gasteiger charge is 2.24. The summed E-state index contributed by atoms with van der Waals surface area (Å²) >= 11 is 3.46. The van der Waals surface area contributed by atoms with Crippen molar-refractivity contribution in [3.8, 4) is 0 Å². The predicted octanol–water partition coefficient (Wildman–Crippen LogP) is 4.77. The molecule has 3 heterocycles. The SMILES string of the molecule is CC[C@H](C)n1c([C@@H](C)OC2CCCCO2)nc2cnc(Br)cc21. The summed E-state index contributed by atoms with van der Waals surface area (Å²) in [6.45, 7) is 7.24. The number of hydrogen-bond acceptors (Lipinski definition) is 4. The van der Waals surface area contributed by atoms with Gasteiger partial charge >= 0.3 is 0 Å². The summed E-state index contributed by atoms with van der Waals surface area (Å²) in [5, 5.41) is 0. The van der Waals surface area contributed by atoms with Gasteiger partial charge in [0.2, 0.25) is 0 Å². The summed E-state index contributed by atoms with van der Waals surface area (Å²) in [5.41, 5.74) is 2.00. The van der Waals surface area contributed by atoms with Crippen LogP contribution in [-0.2, 0) is 9.47 Å². The van der Waals surface area contributed by atoms with Crippen LogP contribution in [0.2, 0.25) is 0 Å². The maximum Gasteiger partial charge on any atom is 0.158 e. The van der Waals surface area contributed by atoms with Crippen molar-refractivity contribution < 1.29 is 9.47 Å². The normalized spacial score (nSPS) is 21.5. The van der Waals surface area contributed by atoms with E-state index in [1.54, 1.807) is 0 Å². The van der Waals surface area contributed by atoms with Crippen LogP contribution in [0.25, 0.3) is 11.0 Å². The third kappa shape index (κ3) is 3.59. The molecule has 0 aromatic carbocycles. The van der Waals surface area contributed by atoms with Crippen LogP contribution in [0, 0.1) is 0 Å². The first kappa shape index (κ1) is 16.9. The van der Waals surface area contributed by atoms with Gasteiger partial charge in [-0.05, 0) is 61.5 Å². The highest BCUT2D eigenvalue weighted by molar-refractivity contribution is 9.10. The van der Waals surface area contributed by atoms with Crippen LogP contribution in [0.5, 0.6) is 0 Å². The highest BCUT2D eigenvalue weighted by Crippen LogP contribution is 2.30. The minimum Gasteiger partial charge on any atom is -0.353 e. The summed E-state index contributed by atoms with van der Waals surface area (Å²) < 4.78 is 14.9. The van der Waals surface area contributed by atoms with E-state index in [-0.39, 0.29) is 12.4 Å². The van der Waals surface area contributed by atoms with Gasteiger partial charge in [-0.3, -0.25) is 0 Å². The number of fused-ring (bicyclic) bond motifs is 1. The molecular formula is C17H24BrN3O2. The fourth-order valence-electron chi connectivity index (χ4n) is 3.03. The van der Waals surface area contributed by atoms with Crippen molar-refractivity contribution in [1.82, 2.24) is 14.5 Å². The summed E-state index contributed by atoms with van der Waals surface area (Å²) in [7, 11) is 0. The molecule has 1 fully saturated rings. The fourth-order valence-corrected chi connectivity index (χ4v) is 3.35. The Morgan fingerprint density at radius 2 is 2.26 bits per heavy atom. The van der Waals surface area contributed by atoms with Gasteiger partial charge in [-0.2, -0.15) is 0 Å². The second-order valence-electron chi connectivity index (χ2n) is 6.17. The lowest BCUT2D eigenvalue weighted by Crippen LogP contribution is -2.25. The first-order chi connectivity index (χ1) is 11.1. The molecule has 0 aliphatic carbocycles. The van der Waals surface area contributed by atoms with E-state index < -0.39 is 0 Å². The first-order valence-corrected chi connectivity index (χ1v) is 9.20. The van der Waals surface area contributed by atoms with Gasteiger partial charge in [-0.25, -0.2) is 9.97 Å². The van der Waals surface area contributed by atoms with E-state index in [1.165, 1.54) is 0 Å². The molecule has 0 spiro atoms. The Morgan fingerprint density at radius 3 is 2.96 bits per heavy atom. The third-order valence-electron chi connectivity index (χ3n) is 4.46. The van der Waals surface area contributed by atoms with Crippen LogP contribution >= 0.6 is 15.9 Å². The third-order valence-corrected chi connectivity index (χ3v) is 4.89. The van der Waals surface area contributed by atoms with E-state index in [0.29, 0.717) is 6.04 Å². The predicted molar refractivity (Wildman–Crippen MR) is 93.3 cm³/mol. The van der Waals surface area contributed by atoms with E-state index in [0.717, 1.165) is 53.8 Å². The van der Waals surface area contributed by atoms with Crippen LogP contribution in [0.15, 0.2) is 16.9 Å². The van der Waals surface area contributed by atoms with Crippen molar-refractivity contribution in [3.63, 3.8) is 0 Å². The Bertz CT molecular complexity index is 667. The van der Waals surface area contributed by atoms with Crippen LogP contribution < -0.4 is 0 Å². The number of halogens is 1. The highest BCUT2D eigenvalue weighted by atomic mass is 79.9. The molecule has 0 amide bonds. The standard InChI is InChI=1S/C17H24BrN3O2/c1-4-11(2)21-14-9-15(18)19-10-13(14)20-17(21)12(3)23-16-7-5-6-8-22-16/h9-12,16H,4-8H2,1-3H3/t11-,12+,16?/m0/s1. The van der Waals surface area contributed by atoms with Gasteiger partial charge in [0, 0.05) is 12.6 Å². The molecule has 0 radical (unpaired) electrons. The van der Waals surface area contributed by atoms with Gasteiger partial charge < -0.3 is 14.0 Å². The zero-order valence-corrected chi connectivity index (χ0v) is 15.5. The van der Waals surface area contributed by atoms with Gasteiger partial charge in [-0.1, -0.05) is 6.92 Å². The van der Waals surface area contributed by atoms with Crippen LogP contribution in [0.1, 0.15) is 64.4 Å². The zero-order valence-electron chi connectivity index (χ0n) is 14.0. The van der Waals surface area contributed by atoms with E-state index in [2.05, 4.69) is 46.3 Å². The molecule has 0 saturated carbocycles. The van der Waals surface area contributed by atoms with E-state index in [1.807, 2.05) is 12.3 Å². The van der Waals surface area contributed by atoms with E-state index in [4.69, 9.17) is 14.5 Å². The Morgan fingerprint density at radius 1 is 1.43 bits per heavy atom. The molecular weight excluding hydrogens is 358 g/mol. The Labute approximate surface area is 145 Å². The molecule has 5 nitrogen and oxygen atoms in total. The fraction of sp³-hybridized carbons (Fsp3) is 0.647. The van der Waals surface area contributed by atoms with Crippen molar-refractivity contribution in [2.45, 2.75) is 64.9 Å². The Balaban J connectivity index is 1.94. The summed E-state index contributed by atoms with van der Waals surface area (Å²) in [6.07, 6.45) is 5.86. The second kappa shape index (κ2) is 7.28. The lowest BCUT2D eigenvalue weighted by atomic mass is 10.2. The molecule has 2 aromatic heterocycles. The number of aromatic nitrogens is 3. The van der Waals surface area contributed by atoms with E-state index >= 15 is 0 Å². The largest absolute Gasteiger partial charge is 0.353 e. The summed E-state index contributed by atoms with van der Waals surface area (Å²) in [5.74, 6) is 0.948. The molecule has 1 aliphatic rings. The van der Waals surface area contributed by atoms with Gasteiger partial charge in [-0.15, -0.1) is 0 Å². The van der Waals surface area contributed by atoms with Gasteiger partial charge in [0.1, 0.15) is 22.0 Å². The number of imidazole rings is 1. The minimum atomic E-state index is -0.117. The molecule has 3 rings (SSSR count). The maximum atomic E-state index is 6.13. The number of rotatable bonds is 5. The minimum absolute atomic E-state index is 0.113. The van der Waals surface area contributed by atoms with Crippen molar-refractivity contribution in [1.29, 1.82) is 0 Å². The number of ether oxygens (including phenoxy) is 2. The van der Waals surface area contributed by atoms with Crippen LogP contribution in [0.4, 0.5) is 0 Å². The lowest BCUT2D eigenvalue weighted by molar-refractivity contribution is -0.188. The molecule has 126 valence electrons. The molecule has 23 heavy (non-hydrogen) atoms. The van der Waals surface area contributed by atoms with Crippen molar-refractivity contribution in [2.75, 3.05) is 6.61 Å². The number of hydrogen-bond donors (Lipinski definition) is 0. The molecule has 0 N–H and O–H groups in total. The van der Waals surface area contributed by atoms with Crippen molar-refractivity contribution in [3.05, 3.63) is 22.7 Å². The number of pyridine rings is 1. The van der Waals surface area contributed by atoms with Crippen molar-refractivity contribution >= 4 is 27.0 Å². The first-order valence-electron chi connectivity index (χ1n) is 8.40. The zero-order chi connectivity index (χ0) is 16.4. The monoisotopic (exact) mass is 381 g/mol. The van der Waals surface area contributed by atoms with Crippen LogP contribution in [0.3, 0.4) is 0 Å². The van der Waals surface area contributed by atoms with Gasteiger partial charge in [0.25, 0.3) is 0 Å². The molecule has 0 bridgehead atoms. The molecule has 6 heteroatoms. The van der Waals surface area contributed by atoms with E-state index in [9.17, 15) is 0 Å². The molecule has 3 atom stereocenters. The Kier molecular flexibility index (Phi) is 5.34. The van der Waals surface area contributed by atoms with Gasteiger partial charge in [0.05, 0.1) is 11.7 Å². The summed E-state index contributed by atoms with van der Waals surface area (Å²) in [4.78, 5) is 9.08. The van der Waals surface area contributed by atoms with Crippen molar-refractivity contribution in [2.24, 2.45) is 0 Å².